The van der Waals surface area contributed by atoms with Gasteiger partial charge in [0.2, 0.25) is 5.91 Å². The van der Waals surface area contributed by atoms with Crippen molar-refractivity contribution in [2.75, 3.05) is 6.61 Å². The molecule has 1 aliphatic heterocycles. The molecule has 0 aliphatic carbocycles. The van der Waals surface area contributed by atoms with E-state index in [0.717, 1.165) is 0 Å². The van der Waals surface area contributed by atoms with E-state index in [-0.39, 0.29) is 12.4 Å². The Balaban J connectivity index is 2.89. The van der Waals surface area contributed by atoms with Gasteiger partial charge in [-0.3, -0.25) is 9.59 Å². The van der Waals surface area contributed by atoms with Crippen LogP contribution in [0, 0.1) is 5.92 Å². The first kappa shape index (κ1) is 8.20. The summed E-state index contributed by atoms with van der Waals surface area (Å²) in [7, 11) is 0. The first-order chi connectivity index (χ1) is 4.98. The highest BCUT2D eigenvalue weighted by Gasteiger charge is 2.47. The molecule has 2 N–H and O–H groups in total. The maximum Gasteiger partial charge on any atom is 0.250 e. The Hall–Kier alpha value is -0.900. The molecule has 0 aromatic rings. The lowest BCUT2D eigenvalue weighted by molar-refractivity contribution is -0.139. The van der Waals surface area contributed by atoms with Crippen LogP contribution in [-0.4, -0.2) is 23.9 Å². The fourth-order valence-corrected chi connectivity index (χ4v) is 1.06. The maximum absolute atomic E-state index is 11.0. The van der Waals surface area contributed by atoms with Crippen LogP contribution >= 0.6 is 0 Å². The van der Waals surface area contributed by atoms with Crippen molar-refractivity contribution in [2.24, 2.45) is 11.7 Å². The molecule has 1 fully saturated rings. The summed E-state index contributed by atoms with van der Waals surface area (Å²) in [6.45, 7) is 3.20. The van der Waals surface area contributed by atoms with Crippen molar-refractivity contribution < 1.29 is 14.3 Å². The second-order valence-corrected chi connectivity index (χ2v) is 2.95. The Morgan fingerprint density at radius 3 is 2.55 bits per heavy atom. The number of amides is 1. The van der Waals surface area contributed by atoms with Gasteiger partial charge in [0, 0.05) is 0 Å². The Labute approximate surface area is 64.7 Å². The molecule has 4 heteroatoms. The lowest BCUT2D eigenvalue weighted by Gasteiger charge is -2.22. The highest BCUT2D eigenvalue weighted by molar-refractivity contribution is 5.95. The zero-order valence-corrected chi connectivity index (χ0v) is 6.59. The average molecular weight is 157 g/mol. The Morgan fingerprint density at radius 1 is 1.82 bits per heavy atom. The highest BCUT2D eigenvalue weighted by atomic mass is 16.5. The normalized spacial score (nSPS) is 37.6. The number of carbonyl (C=O) groups is 2. The van der Waals surface area contributed by atoms with E-state index < -0.39 is 17.4 Å². The molecule has 0 aromatic carbocycles. The minimum absolute atomic E-state index is 0.000602. The van der Waals surface area contributed by atoms with Gasteiger partial charge in [-0.15, -0.1) is 0 Å². The molecule has 1 amide bonds. The third-order valence-corrected chi connectivity index (χ3v) is 2.31. The van der Waals surface area contributed by atoms with Crippen molar-refractivity contribution >= 4 is 11.7 Å². The van der Waals surface area contributed by atoms with Gasteiger partial charge in [-0.1, -0.05) is 6.92 Å². The zero-order valence-electron chi connectivity index (χ0n) is 6.59. The predicted molar refractivity (Wildman–Crippen MR) is 37.7 cm³/mol. The van der Waals surface area contributed by atoms with E-state index in [1.54, 1.807) is 13.8 Å². The summed E-state index contributed by atoms with van der Waals surface area (Å²) in [4.78, 5) is 21.8. The standard InChI is InChI=1S/C7H11NO3/c1-4-5(9)3-11-7(4,2)6(8)10/h4H,3H2,1-2H3,(H2,8,10). The number of hydrogen-bond donors (Lipinski definition) is 1. The first-order valence-electron chi connectivity index (χ1n) is 3.45. The number of rotatable bonds is 1. The number of ether oxygens (including phenoxy) is 1. The number of carbonyl (C=O) groups excluding carboxylic acids is 2. The van der Waals surface area contributed by atoms with Gasteiger partial charge in [-0.25, -0.2) is 0 Å². The summed E-state index contributed by atoms with van der Waals surface area (Å²) in [5, 5.41) is 0. The predicted octanol–water partition coefficient (Wildman–Crippen LogP) is -0.534. The monoisotopic (exact) mass is 157 g/mol. The summed E-state index contributed by atoms with van der Waals surface area (Å²) in [5.74, 6) is -1.05. The molecular weight excluding hydrogens is 146 g/mol. The second kappa shape index (κ2) is 2.30. The third kappa shape index (κ3) is 1.03. The van der Waals surface area contributed by atoms with Crippen LogP contribution in [0.2, 0.25) is 0 Å². The van der Waals surface area contributed by atoms with Gasteiger partial charge < -0.3 is 10.5 Å². The van der Waals surface area contributed by atoms with Gasteiger partial charge in [0.05, 0.1) is 5.92 Å². The molecule has 0 bridgehead atoms. The van der Waals surface area contributed by atoms with Crippen LogP contribution in [0.25, 0.3) is 0 Å². The molecular formula is C7H11NO3. The molecule has 1 heterocycles. The van der Waals surface area contributed by atoms with E-state index in [1.165, 1.54) is 0 Å². The van der Waals surface area contributed by atoms with E-state index >= 15 is 0 Å². The average Bonchev–Trinajstić information content (AvgIpc) is 2.18. The number of primary amides is 1. The fraction of sp³-hybridized carbons (Fsp3) is 0.714. The summed E-state index contributed by atoms with van der Waals surface area (Å²) >= 11 is 0. The van der Waals surface area contributed by atoms with Crippen molar-refractivity contribution in [3.05, 3.63) is 0 Å². The van der Waals surface area contributed by atoms with Crippen molar-refractivity contribution in [1.29, 1.82) is 0 Å². The minimum atomic E-state index is -1.09. The molecule has 1 aliphatic rings. The summed E-state index contributed by atoms with van der Waals surface area (Å²) in [6, 6.07) is 0. The second-order valence-electron chi connectivity index (χ2n) is 2.95. The van der Waals surface area contributed by atoms with Gasteiger partial charge in [-0.05, 0) is 6.92 Å². The van der Waals surface area contributed by atoms with E-state index in [4.69, 9.17) is 10.5 Å². The van der Waals surface area contributed by atoms with Crippen molar-refractivity contribution in [2.45, 2.75) is 19.4 Å². The van der Waals surface area contributed by atoms with Crippen LogP contribution < -0.4 is 5.73 Å². The van der Waals surface area contributed by atoms with Crippen molar-refractivity contribution in [1.82, 2.24) is 0 Å². The first-order valence-corrected chi connectivity index (χ1v) is 3.45. The molecule has 2 atom stereocenters. The van der Waals surface area contributed by atoms with E-state index in [9.17, 15) is 9.59 Å². The highest BCUT2D eigenvalue weighted by Crippen LogP contribution is 2.28. The van der Waals surface area contributed by atoms with Crippen molar-refractivity contribution in [3.63, 3.8) is 0 Å². The zero-order chi connectivity index (χ0) is 8.65. The molecule has 0 radical (unpaired) electrons. The summed E-state index contributed by atoms with van der Waals surface area (Å²) < 4.78 is 5.00. The fourth-order valence-electron chi connectivity index (χ4n) is 1.06. The summed E-state index contributed by atoms with van der Waals surface area (Å²) in [6.07, 6.45) is 0. The third-order valence-electron chi connectivity index (χ3n) is 2.31. The largest absolute Gasteiger partial charge is 0.367 e. The van der Waals surface area contributed by atoms with Gasteiger partial charge in [-0.2, -0.15) is 0 Å². The Bertz CT molecular complexity index is 214. The molecule has 2 unspecified atom stereocenters. The van der Waals surface area contributed by atoms with Crippen LogP contribution in [0.1, 0.15) is 13.8 Å². The van der Waals surface area contributed by atoms with Crippen LogP contribution in [-0.2, 0) is 14.3 Å². The molecule has 62 valence electrons. The molecule has 0 aromatic heterocycles. The van der Waals surface area contributed by atoms with Gasteiger partial charge in [0.1, 0.15) is 6.61 Å². The molecule has 4 nitrogen and oxygen atoms in total. The van der Waals surface area contributed by atoms with Crippen molar-refractivity contribution in [3.8, 4) is 0 Å². The van der Waals surface area contributed by atoms with Gasteiger partial charge in [0.15, 0.2) is 11.4 Å². The number of ketones is 1. The van der Waals surface area contributed by atoms with Gasteiger partial charge in [0.25, 0.3) is 0 Å². The number of nitrogens with two attached hydrogens (primary N) is 1. The van der Waals surface area contributed by atoms with Crippen LogP contribution in [0.5, 0.6) is 0 Å². The molecule has 1 rings (SSSR count). The maximum atomic E-state index is 11.0. The van der Waals surface area contributed by atoms with E-state index in [0.29, 0.717) is 0 Å². The minimum Gasteiger partial charge on any atom is -0.367 e. The SMILES string of the molecule is CC1C(=O)COC1(C)C(N)=O. The Kier molecular flexibility index (Phi) is 1.72. The quantitative estimate of drug-likeness (QED) is 0.556. The smallest absolute Gasteiger partial charge is 0.250 e. The lowest BCUT2D eigenvalue weighted by atomic mass is 9.90. The van der Waals surface area contributed by atoms with E-state index in [2.05, 4.69) is 0 Å². The topological polar surface area (TPSA) is 69.4 Å². The molecule has 11 heavy (non-hydrogen) atoms. The summed E-state index contributed by atoms with van der Waals surface area (Å²) in [5.41, 5.74) is 3.98. The van der Waals surface area contributed by atoms with E-state index in [1.807, 2.05) is 0 Å². The molecule has 1 saturated heterocycles. The lowest BCUT2D eigenvalue weighted by Crippen LogP contribution is -2.45. The van der Waals surface area contributed by atoms with Crippen LogP contribution in [0.15, 0.2) is 0 Å². The number of hydrogen-bond acceptors (Lipinski definition) is 3. The Morgan fingerprint density at radius 2 is 2.36 bits per heavy atom. The van der Waals surface area contributed by atoms with Gasteiger partial charge >= 0.3 is 0 Å². The van der Waals surface area contributed by atoms with Crippen LogP contribution in [0.4, 0.5) is 0 Å². The molecule has 0 spiro atoms. The number of Topliss-reactive ketones (excluding diaryl/α,β-unsaturated/α-hetero) is 1. The van der Waals surface area contributed by atoms with Crippen LogP contribution in [0.3, 0.4) is 0 Å². The molecule has 0 saturated carbocycles.